The van der Waals surface area contributed by atoms with E-state index in [1.165, 1.54) is 35.5 Å². The molecule has 0 saturated carbocycles. The summed E-state index contributed by atoms with van der Waals surface area (Å²) >= 11 is 3.38. The first-order valence-electron chi connectivity index (χ1n) is 13.0. The average molecular weight is 668 g/mol. The molecule has 0 radical (unpaired) electrons. The van der Waals surface area contributed by atoms with E-state index in [0.717, 1.165) is 29.3 Å². The lowest BCUT2D eigenvalue weighted by Gasteiger charge is -2.24. The van der Waals surface area contributed by atoms with Gasteiger partial charge in [-0.2, -0.15) is 0 Å². The molecule has 0 N–H and O–H groups in total. The van der Waals surface area contributed by atoms with E-state index in [0.29, 0.717) is 53.4 Å². The second-order valence-electron chi connectivity index (χ2n) is 9.60. The van der Waals surface area contributed by atoms with Gasteiger partial charge in [-0.05, 0) is 61.1 Å². The Labute approximate surface area is 262 Å². The summed E-state index contributed by atoms with van der Waals surface area (Å²) in [4.78, 5) is 48.9. The number of esters is 2. The minimum absolute atomic E-state index is 0. The molecule has 0 saturated heterocycles. The predicted octanol–water partition coefficient (Wildman–Crippen LogP) is 5.67. The smallest absolute Gasteiger partial charge is 0.320 e. The molecule has 2 aliphatic rings. The third-order valence-electron chi connectivity index (χ3n) is 7.45. The maximum atomic E-state index is 13.0. The number of carbonyl (C=O) groups is 4. The minimum atomic E-state index is -1.13. The molecule has 2 atom stereocenters. The first-order chi connectivity index (χ1) is 19.7. The molecule has 43 heavy (non-hydrogen) atoms. The molecule has 11 heteroatoms. The van der Waals surface area contributed by atoms with Crippen molar-refractivity contribution in [3.8, 4) is 23.0 Å². The molecule has 4 rings (SSSR count). The van der Waals surface area contributed by atoms with Gasteiger partial charge in [-0.3, -0.25) is 19.2 Å². The van der Waals surface area contributed by atoms with Crippen LogP contribution in [0.3, 0.4) is 0 Å². The second-order valence-corrected chi connectivity index (χ2v) is 10.4. The van der Waals surface area contributed by atoms with E-state index in [9.17, 15) is 19.2 Å². The summed E-state index contributed by atoms with van der Waals surface area (Å²) < 4.78 is 30.4. The van der Waals surface area contributed by atoms with Crippen molar-refractivity contribution in [2.24, 2.45) is 11.3 Å². The monoisotopic (exact) mass is 666 g/mol. The highest BCUT2D eigenvalue weighted by atomic mass is 79.9. The molecule has 238 valence electrons. The number of fused-ring (bicyclic) bond motifs is 2. The number of methoxy groups -OCH3 is 6. The molecule has 2 aliphatic carbocycles. The molecule has 0 fully saturated rings. The van der Waals surface area contributed by atoms with E-state index < -0.39 is 23.3 Å². The molecule has 0 bridgehead atoms. The molecule has 2 aromatic rings. The average Bonchev–Trinajstić information content (AvgIpc) is 3.47. The van der Waals surface area contributed by atoms with E-state index in [-0.39, 0.29) is 26.4 Å². The zero-order chi connectivity index (χ0) is 30.3. The number of unbranched alkanes of at least 4 members (excludes halogenated alkanes) is 1. The molecule has 2 unspecified atom stereocenters. The van der Waals surface area contributed by atoms with Crippen LogP contribution in [-0.4, -0.2) is 71.5 Å². The van der Waals surface area contributed by atoms with Crippen molar-refractivity contribution in [1.82, 2.24) is 0 Å². The maximum Gasteiger partial charge on any atom is 0.320 e. The molecule has 0 amide bonds. The van der Waals surface area contributed by atoms with Crippen molar-refractivity contribution >= 4 is 39.4 Å². The van der Waals surface area contributed by atoms with Crippen LogP contribution in [0.5, 0.6) is 23.0 Å². The van der Waals surface area contributed by atoms with Crippen LogP contribution in [-0.2, 0) is 31.9 Å². The van der Waals surface area contributed by atoms with Crippen molar-refractivity contribution in [2.45, 2.75) is 47.0 Å². The van der Waals surface area contributed by atoms with Gasteiger partial charge in [0.2, 0.25) is 0 Å². The van der Waals surface area contributed by atoms with E-state index in [4.69, 9.17) is 23.7 Å². The highest BCUT2D eigenvalue weighted by Crippen LogP contribution is 2.45. The Bertz CT molecular complexity index is 1320. The molecule has 0 heterocycles. The van der Waals surface area contributed by atoms with Crippen LogP contribution >= 0.6 is 15.9 Å². The van der Waals surface area contributed by atoms with Gasteiger partial charge in [0, 0.05) is 16.5 Å². The summed E-state index contributed by atoms with van der Waals surface area (Å²) in [5, 5.41) is 0.840. The fourth-order valence-corrected chi connectivity index (χ4v) is 5.68. The van der Waals surface area contributed by atoms with Gasteiger partial charge in [0.15, 0.2) is 34.6 Å². The summed E-state index contributed by atoms with van der Waals surface area (Å²) in [5.74, 6) is -0.0552. The number of alkyl halides is 1. The molecule has 0 aromatic heterocycles. The topological polar surface area (TPSA) is 124 Å². The van der Waals surface area contributed by atoms with Gasteiger partial charge in [0.05, 0.1) is 42.7 Å². The first kappa shape index (κ1) is 37.4. The van der Waals surface area contributed by atoms with Crippen molar-refractivity contribution in [3.05, 3.63) is 46.5 Å². The third kappa shape index (κ3) is 7.31. The first-order valence-corrected chi connectivity index (χ1v) is 14.1. The third-order valence-corrected chi connectivity index (χ3v) is 8.01. The Balaban J connectivity index is 0.000000421. The molecular formula is C32H43BrO10. The molecule has 10 nitrogen and oxygen atoms in total. The lowest BCUT2D eigenvalue weighted by molar-refractivity contribution is -0.150. The summed E-state index contributed by atoms with van der Waals surface area (Å²) in [6, 6.07) is 6.78. The van der Waals surface area contributed by atoms with E-state index in [1.54, 1.807) is 31.4 Å². The number of hydrogen-bond acceptors (Lipinski definition) is 10. The predicted molar refractivity (Wildman–Crippen MR) is 166 cm³/mol. The van der Waals surface area contributed by atoms with Crippen LogP contribution in [0.2, 0.25) is 0 Å². The van der Waals surface area contributed by atoms with Crippen LogP contribution in [0.15, 0.2) is 24.3 Å². The highest BCUT2D eigenvalue weighted by Gasteiger charge is 2.52. The van der Waals surface area contributed by atoms with Gasteiger partial charge in [-0.1, -0.05) is 37.2 Å². The Hall–Kier alpha value is -3.60. The highest BCUT2D eigenvalue weighted by molar-refractivity contribution is 9.09. The Morgan fingerprint density at radius 3 is 1.77 bits per heavy atom. The number of ether oxygens (including phenoxy) is 6. The molecule has 2 aromatic carbocycles. The lowest BCUT2D eigenvalue weighted by atomic mass is 9.79. The standard InChI is InChI=1S/C17H21BrO5.C13H14O5.2CH4/c1-21-13-8-11-10-17(16(20)23-3,6-4-5-7-18)15(19)12(11)9-14(13)22-2;1-16-10-5-7-4-9(13(15)18-3)12(14)8(7)6-11(10)17-2;;/h8-9H,4-7,10H2,1-3H3;5-6,9H,4H2,1-3H3;2*1H4. The molecular weight excluding hydrogens is 624 g/mol. The number of ketones is 2. The Kier molecular flexibility index (Phi) is 14.2. The van der Waals surface area contributed by atoms with Gasteiger partial charge >= 0.3 is 11.9 Å². The van der Waals surface area contributed by atoms with Crippen molar-refractivity contribution in [3.63, 3.8) is 0 Å². The van der Waals surface area contributed by atoms with Gasteiger partial charge in [0.1, 0.15) is 11.3 Å². The van der Waals surface area contributed by atoms with E-state index in [2.05, 4.69) is 20.7 Å². The lowest BCUT2D eigenvalue weighted by Crippen LogP contribution is -2.38. The van der Waals surface area contributed by atoms with Gasteiger partial charge in [0.25, 0.3) is 0 Å². The SMILES string of the molecule is C.C.COC(=O)C1(CCCCBr)Cc2cc(OC)c(OC)cc2C1=O.COC(=O)C1Cc2cc(OC)c(OC)cc2C1=O. The summed E-state index contributed by atoms with van der Waals surface area (Å²) in [7, 11) is 8.70. The summed E-state index contributed by atoms with van der Waals surface area (Å²) in [5.41, 5.74) is 1.48. The minimum Gasteiger partial charge on any atom is -0.493 e. The number of halogens is 1. The van der Waals surface area contributed by atoms with Gasteiger partial charge in [-0.25, -0.2) is 0 Å². The van der Waals surface area contributed by atoms with Crippen molar-refractivity contribution < 1.29 is 47.6 Å². The molecule has 0 aliphatic heterocycles. The Morgan fingerprint density at radius 1 is 0.767 bits per heavy atom. The number of Topliss-reactive ketones (excluding diaryl/α,β-unsaturated/α-hetero) is 2. The molecule has 0 spiro atoms. The van der Waals surface area contributed by atoms with Crippen molar-refractivity contribution in [1.29, 1.82) is 0 Å². The second kappa shape index (κ2) is 16.3. The quantitative estimate of drug-likeness (QED) is 0.136. The van der Waals surface area contributed by atoms with Crippen molar-refractivity contribution in [2.75, 3.05) is 48.0 Å². The fourth-order valence-electron chi connectivity index (χ4n) is 5.28. The van der Waals surface area contributed by atoms with Gasteiger partial charge in [-0.15, -0.1) is 0 Å². The van der Waals surface area contributed by atoms with Crippen LogP contribution in [0.1, 0.15) is 66.0 Å². The Morgan fingerprint density at radius 2 is 1.28 bits per heavy atom. The number of hydrogen-bond donors (Lipinski definition) is 0. The number of benzene rings is 2. The van der Waals surface area contributed by atoms with E-state index >= 15 is 0 Å². The normalized spacial score (nSPS) is 17.6. The maximum absolute atomic E-state index is 13.0. The number of rotatable bonds is 10. The van der Waals surface area contributed by atoms with Crippen LogP contribution in [0, 0.1) is 11.3 Å². The zero-order valence-electron chi connectivity index (χ0n) is 24.1. The van der Waals surface area contributed by atoms with Crippen LogP contribution in [0.4, 0.5) is 0 Å². The van der Waals surface area contributed by atoms with Gasteiger partial charge < -0.3 is 28.4 Å². The number of carbonyl (C=O) groups excluding carboxylic acids is 4. The zero-order valence-corrected chi connectivity index (χ0v) is 25.7. The summed E-state index contributed by atoms with van der Waals surface area (Å²) in [6.45, 7) is 0. The van der Waals surface area contributed by atoms with Crippen LogP contribution in [0.25, 0.3) is 0 Å². The largest absolute Gasteiger partial charge is 0.493 e. The van der Waals surface area contributed by atoms with E-state index in [1.807, 2.05) is 0 Å². The van der Waals surface area contributed by atoms with Crippen LogP contribution < -0.4 is 18.9 Å². The fraction of sp³-hybridized carbons (Fsp3) is 0.500. The summed E-state index contributed by atoms with van der Waals surface area (Å²) in [6.07, 6.45) is 2.84.